The first-order chi connectivity index (χ1) is 6.12. The van der Waals surface area contributed by atoms with Gasteiger partial charge in [-0.1, -0.05) is 13.8 Å². The Morgan fingerprint density at radius 3 is 2.08 bits per heavy atom. The molecule has 2 saturated heterocycles. The Morgan fingerprint density at radius 1 is 1.00 bits per heavy atom. The van der Waals surface area contributed by atoms with Gasteiger partial charge in [0, 0.05) is 24.7 Å². The molecule has 1 spiro atoms. The Balaban J connectivity index is 2.12. The highest BCUT2D eigenvalue weighted by Gasteiger charge is 2.43. The molecule has 2 fully saturated rings. The monoisotopic (exact) mass is 182 g/mol. The van der Waals surface area contributed by atoms with Crippen molar-refractivity contribution >= 4 is 0 Å². The molecule has 0 aliphatic carbocycles. The average molecular weight is 182 g/mol. The molecule has 1 heteroatoms. The van der Waals surface area contributed by atoms with Crippen LogP contribution >= 0.6 is 0 Å². The highest BCUT2D eigenvalue weighted by Crippen LogP contribution is 2.35. The molecule has 76 valence electrons. The van der Waals surface area contributed by atoms with Gasteiger partial charge >= 0.3 is 0 Å². The van der Waals surface area contributed by atoms with Crippen LogP contribution in [0, 0.1) is 11.8 Å². The van der Waals surface area contributed by atoms with Gasteiger partial charge in [-0.05, 0) is 13.3 Å². The average Bonchev–Trinajstić information content (AvgIpc) is 2.30. The van der Waals surface area contributed by atoms with Gasteiger partial charge in [0.25, 0.3) is 0 Å². The summed E-state index contributed by atoms with van der Waals surface area (Å²) < 4.78 is 1.46. The van der Waals surface area contributed by atoms with Crippen LogP contribution in [0.4, 0.5) is 0 Å². The van der Waals surface area contributed by atoms with Crippen LogP contribution in [-0.4, -0.2) is 30.2 Å². The fraction of sp³-hybridized carbons (Fsp3) is 1.00. The number of hydrogen-bond acceptors (Lipinski definition) is 0. The molecule has 0 saturated carbocycles. The summed E-state index contributed by atoms with van der Waals surface area (Å²) in [6, 6.07) is 0.949. The molecule has 1 nitrogen and oxygen atoms in total. The van der Waals surface area contributed by atoms with Crippen molar-refractivity contribution < 1.29 is 4.48 Å². The summed E-state index contributed by atoms with van der Waals surface area (Å²) in [5, 5.41) is 0. The van der Waals surface area contributed by atoms with Crippen molar-refractivity contribution in [2.24, 2.45) is 11.8 Å². The molecule has 2 rings (SSSR count). The maximum atomic E-state index is 2.47. The van der Waals surface area contributed by atoms with Crippen LogP contribution < -0.4 is 0 Å². The summed E-state index contributed by atoms with van der Waals surface area (Å²) in [5.74, 6) is 1.92. The lowest BCUT2D eigenvalue weighted by Crippen LogP contribution is -2.57. The van der Waals surface area contributed by atoms with E-state index < -0.39 is 0 Å². The van der Waals surface area contributed by atoms with Gasteiger partial charge in [0.05, 0.1) is 25.7 Å². The molecule has 2 aliphatic heterocycles. The van der Waals surface area contributed by atoms with E-state index in [4.69, 9.17) is 0 Å². The van der Waals surface area contributed by atoms with Crippen molar-refractivity contribution in [3.8, 4) is 0 Å². The first-order valence-corrected chi connectivity index (χ1v) is 5.98. The summed E-state index contributed by atoms with van der Waals surface area (Å²) in [6.07, 6.45) is 4.41. The van der Waals surface area contributed by atoms with Gasteiger partial charge in [0.2, 0.25) is 0 Å². The van der Waals surface area contributed by atoms with Crippen LogP contribution in [0.25, 0.3) is 0 Å². The maximum Gasteiger partial charge on any atom is 0.0864 e. The van der Waals surface area contributed by atoms with E-state index in [1.54, 1.807) is 0 Å². The molecule has 0 aromatic heterocycles. The maximum absolute atomic E-state index is 2.47. The van der Waals surface area contributed by atoms with E-state index in [0.29, 0.717) is 0 Å². The highest BCUT2D eigenvalue weighted by molar-refractivity contribution is 4.73. The Kier molecular flexibility index (Phi) is 2.39. The minimum atomic E-state index is 0.949. The highest BCUT2D eigenvalue weighted by atomic mass is 15.4. The standard InChI is InChI=1S/C12H24N/c1-10-7-11(2)9-13(8-10)6-4-5-12(13)3/h10-12H,4-9H2,1-3H3/q+1. The van der Waals surface area contributed by atoms with Crippen molar-refractivity contribution in [3.05, 3.63) is 0 Å². The van der Waals surface area contributed by atoms with Crippen LogP contribution in [0.3, 0.4) is 0 Å². The van der Waals surface area contributed by atoms with Crippen molar-refractivity contribution in [1.82, 2.24) is 0 Å². The molecule has 13 heavy (non-hydrogen) atoms. The van der Waals surface area contributed by atoms with Gasteiger partial charge in [-0.15, -0.1) is 0 Å². The molecular weight excluding hydrogens is 158 g/mol. The van der Waals surface area contributed by atoms with Gasteiger partial charge in [0.1, 0.15) is 0 Å². The third-order valence-electron chi connectivity index (χ3n) is 4.32. The van der Waals surface area contributed by atoms with Crippen LogP contribution in [0.15, 0.2) is 0 Å². The fourth-order valence-electron chi connectivity index (χ4n) is 3.89. The van der Waals surface area contributed by atoms with Crippen LogP contribution in [0.2, 0.25) is 0 Å². The van der Waals surface area contributed by atoms with E-state index in [-0.39, 0.29) is 0 Å². The SMILES string of the molecule is CC1CC(C)C[N+]2(CCCC2C)C1. The smallest absolute Gasteiger partial charge is 0.0864 e. The molecule has 0 aromatic carbocycles. The lowest BCUT2D eigenvalue weighted by atomic mass is 9.89. The van der Waals surface area contributed by atoms with Crippen molar-refractivity contribution in [2.45, 2.75) is 46.1 Å². The Labute approximate surface area is 82.7 Å². The zero-order chi connectivity index (χ0) is 9.47. The third-order valence-corrected chi connectivity index (χ3v) is 4.32. The molecule has 3 atom stereocenters. The van der Waals surface area contributed by atoms with Crippen LogP contribution in [-0.2, 0) is 0 Å². The van der Waals surface area contributed by atoms with Crippen molar-refractivity contribution in [1.29, 1.82) is 0 Å². The van der Waals surface area contributed by atoms with Crippen LogP contribution in [0.1, 0.15) is 40.0 Å². The number of hydrogen-bond donors (Lipinski definition) is 0. The van der Waals surface area contributed by atoms with E-state index in [9.17, 15) is 0 Å². The van der Waals surface area contributed by atoms with E-state index in [1.807, 2.05) is 0 Å². The first kappa shape index (κ1) is 9.51. The second-order valence-electron chi connectivity index (χ2n) is 5.74. The normalized spacial score (nSPS) is 51.5. The largest absolute Gasteiger partial charge is 0.321 e. The molecule has 2 aliphatic rings. The van der Waals surface area contributed by atoms with E-state index in [1.165, 1.54) is 43.4 Å². The predicted octanol–water partition coefficient (Wildman–Crippen LogP) is 2.66. The third kappa shape index (κ3) is 1.63. The van der Waals surface area contributed by atoms with Gasteiger partial charge in [0.15, 0.2) is 0 Å². The van der Waals surface area contributed by atoms with Crippen molar-refractivity contribution in [2.75, 3.05) is 19.6 Å². The molecule has 0 N–H and O–H groups in total. The number of quaternary nitrogens is 1. The summed E-state index contributed by atoms with van der Waals surface area (Å²) in [5.41, 5.74) is 0. The van der Waals surface area contributed by atoms with Gasteiger partial charge in [-0.25, -0.2) is 0 Å². The Morgan fingerprint density at radius 2 is 1.62 bits per heavy atom. The lowest BCUT2D eigenvalue weighted by Gasteiger charge is -2.46. The molecule has 0 aromatic rings. The minimum absolute atomic E-state index is 0.949. The van der Waals surface area contributed by atoms with Crippen molar-refractivity contribution in [3.63, 3.8) is 0 Å². The summed E-state index contributed by atoms with van der Waals surface area (Å²) in [6.45, 7) is 11.8. The summed E-state index contributed by atoms with van der Waals surface area (Å²) in [4.78, 5) is 0. The number of piperidine rings is 1. The number of nitrogens with zero attached hydrogens (tertiary/aromatic N) is 1. The topological polar surface area (TPSA) is 0 Å². The van der Waals surface area contributed by atoms with Gasteiger partial charge < -0.3 is 4.48 Å². The quantitative estimate of drug-likeness (QED) is 0.505. The summed E-state index contributed by atoms with van der Waals surface area (Å²) >= 11 is 0. The molecule has 3 unspecified atom stereocenters. The minimum Gasteiger partial charge on any atom is -0.321 e. The van der Waals surface area contributed by atoms with E-state index >= 15 is 0 Å². The zero-order valence-corrected chi connectivity index (χ0v) is 9.42. The molecule has 0 radical (unpaired) electrons. The zero-order valence-electron chi connectivity index (χ0n) is 9.42. The van der Waals surface area contributed by atoms with Gasteiger partial charge in [-0.2, -0.15) is 0 Å². The predicted molar refractivity (Wildman–Crippen MR) is 56.5 cm³/mol. The molecule has 0 amide bonds. The lowest BCUT2D eigenvalue weighted by molar-refractivity contribution is -0.948. The fourth-order valence-corrected chi connectivity index (χ4v) is 3.89. The van der Waals surface area contributed by atoms with Crippen LogP contribution in [0.5, 0.6) is 0 Å². The molecule has 0 bridgehead atoms. The molecule has 2 heterocycles. The molecular formula is C12H24N+. The first-order valence-electron chi connectivity index (χ1n) is 5.98. The van der Waals surface area contributed by atoms with E-state index in [2.05, 4.69) is 20.8 Å². The Hall–Kier alpha value is -0.0400. The van der Waals surface area contributed by atoms with E-state index in [0.717, 1.165) is 17.9 Å². The van der Waals surface area contributed by atoms with Gasteiger partial charge in [-0.3, -0.25) is 0 Å². The number of rotatable bonds is 0. The second kappa shape index (κ2) is 3.27. The Bertz CT molecular complexity index is 178. The summed E-state index contributed by atoms with van der Waals surface area (Å²) in [7, 11) is 0. The second-order valence-corrected chi connectivity index (χ2v) is 5.74.